The van der Waals surface area contributed by atoms with Crippen molar-refractivity contribution in [1.82, 2.24) is 0 Å². The van der Waals surface area contributed by atoms with E-state index in [-0.39, 0.29) is 22.7 Å². The molecule has 6 heteroatoms. The Kier molecular flexibility index (Phi) is 4.86. The van der Waals surface area contributed by atoms with Crippen LogP contribution in [0.1, 0.15) is 18.1 Å². The molecule has 0 aliphatic carbocycles. The zero-order valence-corrected chi connectivity index (χ0v) is 10.0. The van der Waals surface area contributed by atoms with Crippen molar-refractivity contribution < 1.29 is 14.6 Å². The smallest absolute Gasteiger partial charge is 0.165 e. The first kappa shape index (κ1) is 13.6. The summed E-state index contributed by atoms with van der Waals surface area (Å²) in [5, 5.41) is 19.0. The summed E-state index contributed by atoms with van der Waals surface area (Å²) < 4.78 is 13.3. The molecule has 0 aliphatic rings. The lowest BCUT2D eigenvalue weighted by Gasteiger charge is -2.19. The van der Waals surface area contributed by atoms with Crippen LogP contribution in [-0.4, -0.2) is 22.1 Å². The third-order valence-corrected chi connectivity index (χ3v) is 2.89. The molecule has 0 bridgehead atoms. The van der Waals surface area contributed by atoms with Gasteiger partial charge in [0.2, 0.25) is 0 Å². The van der Waals surface area contributed by atoms with Crippen LogP contribution in [0.2, 0.25) is 5.02 Å². The maximum atomic E-state index is 13.3. The van der Waals surface area contributed by atoms with Crippen LogP contribution in [0.3, 0.4) is 0 Å². The topological polar surface area (TPSA) is 66.5 Å². The molecule has 1 aromatic rings. The second kappa shape index (κ2) is 5.72. The van der Waals surface area contributed by atoms with Gasteiger partial charge in [-0.1, -0.05) is 17.7 Å². The predicted molar refractivity (Wildman–Crippen MR) is 65.3 cm³/mol. The van der Waals surface area contributed by atoms with Gasteiger partial charge in [-0.05, 0) is 18.2 Å². The molecule has 0 aromatic heterocycles. The molecule has 0 fully saturated rings. The van der Waals surface area contributed by atoms with Crippen molar-refractivity contribution in [3.63, 3.8) is 0 Å². The average molecular weight is 266 g/mol. The standard InChI is InChI=1S/C10H13ClFNO2S/c11-8-5(1-2-6(13)9(8)12)10(15)7(14)3-4-16/h1-2,7,10,14-16H,3-4,13H2. The van der Waals surface area contributed by atoms with Gasteiger partial charge in [0, 0.05) is 5.56 Å². The van der Waals surface area contributed by atoms with Gasteiger partial charge in [-0.3, -0.25) is 0 Å². The third kappa shape index (κ3) is 2.79. The maximum absolute atomic E-state index is 13.3. The Hall–Kier alpha value is -0.490. The second-order valence-electron chi connectivity index (χ2n) is 3.40. The monoisotopic (exact) mass is 265 g/mol. The van der Waals surface area contributed by atoms with Gasteiger partial charge in [0.15, 0.2) is 5.82 Å². The highest BCUT2D eigenvalue weighted by molar-refractivity contribution is 7.80. The van der Waals surface area contributed by atoms with Crippen molar-refractivity contribution >= 4 is 29.9 Å². The number of rotatable bonds is 4. The molecule has 90 valence electrons. The van der Waals surface area contributed by atoms with Crippen LogP contribution < -0.4 is 5.73 Å². The first-order chi connectivity index (χ1) is 7.49. The Morgan fingerprint density at radius 1 is 1.44 bits per heavy atom. The molecule has 0 spiro atoms. The van der Waals surface area contributed by atoms with E-state index in [1.54, 1.807) is 0 Å². The minimum atomic E-state index is -1.24. The minimum Gasteiger partial charge on any atom is -0.396 e. The van der Waals surface area contributed by atoms with E-state index in [1.165, 1.54) is 12.1 Å². The van der Waals surface area contributed by atoms with Crippen molar-refractivity contribution in [2.45, 2.75) is 18.6 Å². The Morgan fingerprint density at radius 3 is 2.62 bits per heavy atom. The summed E-state index contributed by atoms with van der Waals surface area (Å²) in [4.78, 5) is 0. The summed E-state index contributed by atoms with van der Waals surface area (Å²) in [5.74, 6) is -0.371. The van der Waals surface area contributed by atoms with Crippen LogP contribution in [0.5, 0.6) is 0 Å². The van der Waals surface area contributed by atoms with Gasteiger partial charge in [-0.15, -0.1) is 0 Å². The van der Waals surface area contributed by atoms with Gasteiger partial charge in [0.25, 0.3) is 0 Å². The summed E-state index contributed by atoms with van der Waals surface area (Å²) in [7, 11) is 0. The SMILES string of the molecule is Nc1ccc(C(O)C(O)CCS)c(Cl)c1F. The summed E-state index contributed by atoms with van der Waals surface area (Å²) in [6, 6.07) is 2.69. The van der Waals surface area contributed by atoms with Gasteiger partial charge in [0.1, 0.15) is 6.10 Å². The van der Waals surface area contributed by atoms with Crippen LogP contribution in [0.4, 0.5) is 10.1 Å². The summed E-state index contributed by atoms with van der Waals surface area (Å²) >= 11 is 9.62. The van der Waals surface area contributed by atoms with Gasteiger partial charge in [0.05, 0.1) is 16.8 Å². The molecular formula is C10H13ClFNO2S. The number of nitrogens with two attached hydrogens (primary N) is 1. The molecule has 2 atom stereocenters. The molecule has 2 unspecified atom stereocenters. The third-order valence-electron chi connectivity index (χ3n) is 2.25. The molecule has 3 nitrogen and oxygen atoms in total. The molecule has 16 heavy (non-hydrogen) atoms. The first-order valence-corrected chi connectivity index (χ1v) is 5.70. The Labute approximate surface area is 103 Å². The number of aliphatic hydroxyl groups excluding tert-OH is 2. The fraction of sp³-hybridized carbons (Fsp3) is 0.400. The first-order valence-electron chi connectivity index (χ1n) is 4.69. The van der Waals surface area contributed by atoms with E-state index < -0.39 is 18.0 Å². The fourth-order valence-corrected chi connectivity index (χ4v) is 1.85. The van der Waals surface area contributed by atoms with Crippen LogP contribution in [0.15, 0.2) is 12.1 Å². The summed E-state index contributed by atoms with van der Waals surface area (Å²) in [6.07, 6.45) is -1.99. The number of anilines is 1. The van der Waals surface area contributed by atoms with Crippen LogP contribution in [-0.2, 0) is 0 Å². The molecule has 4 N–H and O–H groups in total. The number of hydrogen-bond acceptors (Lipinski definition) is 4. The van der Waals surface area contributed by atoms with E-state index in [0.29, 0.717) is 5.75 Å². The van der Waals surface area contributed by atoms with E-state index in [0.717, 1.165) is 0 Å². The molecule has 0 heterocycles. The van der Waals surface area contributed by atoms with Crippen molar-refractivity contribution in [2.24, 2.45) is 0 Å². The number of halogens is 2. The van der Waals surface area contributed by atoms with E-state index in [2.05, 4.69) is 12.6 Å². The molecule has 1 aromatic carbocycles. The molecule has 0 aliphatic heterocycles. The van der Waals surface area contributed by atoms with Crippen molar-refractivity contribution in [3.8, 4) is 0 Å². The number of benzene rings is 1. The van der Waals surface area contributed by atoms with E-state index in [9.17, 15) is 14.6 Å². The highest BCUT2D eigenvalue weighted by Gasteiger charge is 2.22. The van der Waals surface area contributed by atoms with Crippen LogP contribution >= 0.6 is 24.2 Å². The van der Waals surface area contributed by atoms with Gasteiger partial charge in [-0.2, -0.15) is 12.6 Å². The van der Waals surface area contributed by atoms with Crippen molar-refractivity contribution in [1.29, 1.82) is 0 Å². The molecule has 0 amide bonds. The summed E-state index contributed by atoms with van der Waals surface area (Å²) in [6.45, 7) is 0. The molecule has 1 rings (SSSR count). The maximum Gasteiger partial charge on any atom is 0.165 e. The predicted octanol–water partition coefficient (Wildman–Crippen LogP) is 1.78. The molecular weight excluding hydrogens is 253 g/mol. The highest BCUT2D eigenvalue weighted by Crippen LogP contribution is 2.31. The molecule has 0 saturated heterocycles. The Bertz CT molecular complexity index is 378. The summed E-state index contributed by atoms with van der Waals surface area (Å²) in [5.41, 5.74) is 5.34. The van der Waals surface area contributed by atoms with E-state index >= 15 is 0 Å². The molecule has 0 radical (unpaired) electrons. The van der Waals surface area contributed by atoms with Crippen LogP contribution in [0.25, 0.3) is 0 Å². The lowest BCUT2D eigenvalue weighted by atomic mass is 10.0. The van der Waals surface area contributed by atoms with Gasteiger partial charge in [-0.25, -0.2) is 4.39 Å². The molecule has 0 saturated carbocycles. The quantitative estimate of drug-likeness (QED) is 0.496. The van der Waals surface area contributed by atoms with E-state index in [4.69, 9.17) is 17.3 Å². The highest BCUT2D eigenvalue weighted by atomic mass is 35.5. The number of hydrogen-bond donors (Lipinski definition) is 4. The number of thiol groups is 1. The number of nitrogen functional groups attached to an aromatic ring is 1. The largest absolute Gasteiger partial charge is 0.396 e. The van der Waals surface area contributed by atoms with Crippen molar-refractivity contribution in [2.75, 3.05) is 11.5 Å². The average Bonchev–Trinajstić information content (AvgIpc) is 2.26. The normalized spacial score (nSPS) is 14.8. The lowest BCUT2D eigenvalue weighted by Crippen LogP contribution is -2.19. The van der Waals surface area contributed by atoms with Gasteiger partial charge < -0.3 is 15.9 Å². The Morgan fingerprint density at radius 2 is 2.06 bits per heavy atom. The minimum absolute atomic E-state index is 0.0929. The second-order valence-corrected chi connectivity index (χ2v) is 4.22. The zero-order chi connectivity index (χ0) is 12.3. The lowest BCUT2D eigenvalue weighted by molar-refractivity contribution is 0.0171. The fourth-order valence-electron chi connectivity index (χ4n) is 1.31. The Balaban J connectivity index is 3.00. The van der Waals surface area contributed by atoms with E-state index in [1.807, 2.05) is 0 Å². The van der Waals surface area contributed by atoms with Crippen LogP contribution in [0, 0.1) is 5.82 Å². The number of aliphatic hydroxyl groups is 2. The van der Waals surface area contributed by atoms with Gasteiger partial charge >= 0.3 is 0 Å². The van der Waals surface area contributed by atoms with Crippen molar-refractivity contribution in [3.05, 3.63) is 28.5 Å². The zero-order valence-electron chi connectivity index (χ0n) is 8.40.